The fourth-order valence-electron chi connectivity index (χ4n) is 8.74. The van der Waals surface area contributed by atoms with E-state index < -0.39 is 6.10 Å². The molecule has 0 aliphatic carbocycles. The summed E-state index contributed by atoms with van der Waals surface area (Å²) in [5.74, 6) is -0.960. The Labute approximate surface area is 475 Å². The molecule has 0 aliphatic heterocycles. The zero-order chi connectivity index (χ0) is 55.7. The van der Waals surface area contributed by atoms with E-state index in [1.54, 1.807) is 0 Å². The van der Waals surface area contributed by atoms with Gasteiger partial charge in [0.15, 0.2) is 6.10 Å². The van der Waals surface area contributed by atoms with Gasteiger partial charge in [-0.25, -0.2) is 0 Å². The first-order valence-corrected chi connectivity index (χ1v) is 32.0. The van der Waals surface area contributed by atoms with Gasteiger partial charge < -0.3 is 14.2 Å². The van der Waals surface area contributed by atoms with E-state index in [1.807, 2.05) is 0 Å². The molecule has 6 heteroatoms. The first-order valence-electron chi connectivity index (χ1n) is 32.0. The first-order chi connectivity index (χ1) is 38.0. The number of carbonyl (C=O) groups is 3. The van der Waals surface area contributed by atoms with Crippen molar-refractivity contribution in [2.75, 3.05) is 13.2 Å². The summed E-state index contributed by atoms with van der Waals surface area (Å²) in [7, 11) is 0. The van der Waals surface area contributed by atoms with Gasteiger partial charge in [0.05, 0.1) is 0 Å². The molecule has 0 saturated heterocycles. The Morgan fingerprint density at radius 3 is 0.831 bits per heavy atom. The molecule has 77 heavy (non-hydrogen) atoms. The van der Waals surface area contributed by atoms with Crippen LogP contribution in [0.3, 0.4) is 0 Å². The number of carbonyl (C=O) groups excluding carboxylic acids is 3. The second-order valence-corrected chi connectivity index (χ2v) is 20.9. The number of hydrogen-bond donors (Lipinski definition) is 0. The second kappa shape index (κ2) is 64.3. The fraction of sp³-hybridized carbons (Fsp3) is 0.676. The average molecular weight is 1070 g/mol. The molecule has 0 aromatic heterocycles. The number of rotatable bonds is 57. The second-order valence-electron chi connectivity index (χ2n) is 20.9. The molecule has 0 aromatic carbocycles. The maximum atomic E-state index is 12.9. The fourth-order valence-corrected chi connectivity index (χ4v) is 8.74. The minimum atomic E-state index is -0.813. The lowest BCUT2D eigenvalue weighted by Gasteiger charge is -2.18. The van der Waals surface area contributed by atoms with Gasteiger partial charge in [0.25, 0.3) is 0 Å². The van der Waals surface area contributed by atoms with Crippen molar-refractivity contribution in [1.29, 1.82) is 0 Å². The van der Waals surface area contributed by atoms with Gasteiger partial charge in [0.1, 0.15) is 13.2 Å². The Bertz CT molecular complexity index is 1600. The van der Waals surface area contributed by atoms with Gasteiger partial charge in [-0.2, -0.15) is 0 Å². The van der Waals surface area contributed by atoms with Crippen LogP contribution in [0.1, 0.15) is 290 Å². The third-order valence-electron chi connectivity index (χ3n) is 13.5. The van der Waals surface area contributed by atoms with Crippen LogP contribution in [-0.4, -0.2) is 37.2 Å². The van der Waals surface area contributed by atoms with Crippen molar-refractivity contribution in [3.8, 4) is 0 Å². The molecule has 0 amide bonds. The van der Waals surface area contributed by atoms with Crippen LogP contribution in [-0.2, 0) is 28.6 Å². The van der Waals surface area contributed by atoms with E-state index >= 15 is 0 Å². The van der Waals surface area contributed by atoms with Crippen LogP contribution in [0.4, 0.5) is 0 Å². The summed E-state index contributed by atoms with van der Waals surface area (Å²) in [6, 6.07) is 0. The van der Waals surface area contributed by atoms with Gasteiger partial charge in [-0.1, -0.05) is 290 Å². The van der Waals surface area contributed by atoms with E-state index in [0.29, 0.717) is 19.3 Å². The summed E-state index contributed by atoms with van der Waals surface area (Å²) >= 11 is 0. The summed E-state index contributed by atoms with van der Waals surface area (Å²) in [6.45, 7) is 6.38. The minimum Gasteiger partial charge on any atom is -0.462 e. The standard InChI is InChI=1S/C71H118O6/c1-4-7-10-13-16-19-22-25-28-31-32-33-34-35-36-37-38-41-43-46-49-52-55-58-61-64-70(73)76-67-68(77-71(74)65-62-59-56-53-50-47-44-40-30-27-24-21-18-15-12-9-6-3)66-75-69(72)63-60-57-54-51-48-45-42-39-29-26-23-20-17-14-11-8-5-2/h7,9-10,12,16,18-19,21,25,27-28,30,32-33,35-36,44,47,53,56,68H,4-6,8,11,13-15,17,20,22-24,26,29,31,34,37-43,45-46,48-52,54-55,57-67H2,1-3H3/b10-7-,12-9-,19-16-,21-18-,28-25-,30-27-,33-32-,36-35-,47-44-,56-53-. The summed E-state index contributed by atoms with van der Waals surface area (Å²) in [6.07, 6.45) is 89.2. The molecule has 0 spiro atoms. The summed E-state index contributed by atoms with van der Waals surface area (Å²) in [4.78, 5) is 38.3. The van der Waals surface area contributed by atoms with Crippen LogP contribution in [0.2, 0.25) is 0 Å². The van der Waals surface area contributed by atoms with Crippen molar-refractivity contribution in [3.05, 3.63) is 122 Å². The lowest BCUT2D eigenvalue weighted by Crippen LogP contribution is -2.30. The molecule has 0 aliphatic rings. The van der Waals surface area contributed by atoms with Gasteiger partial charge in [0, 0.05) is 19.3 Å². The third kappa shape index (κ3) is 62.5. The average Bonchev–Trinajstić information content (AvgIpc) is 3.43. The van der Waals surface area contributed by atoms with E-state index in [9.17, 15) is 14.4 Å². The topological polar surface area (TPSA) is 78.9 Å². The van der Waals surface area contributed by atoms with Crippen LogP contribution in [0.15, 0.2) is 122 Å². The molecule has 438 valence electrons. The largest absolute Gasteiger partial charge is 0.462 e. The molecule has 0 saturated carbocycles. The predicted molar refractivity (Wildman–Crippen MR) is 334 cm³/mol. The van der Waals surface area contributed by atoms with Gasteiger partial charge >= 0.3 is 17.9 Å². The Hall–Kier alpha value is -4.19. The van der Waals surface area contributed by atoms with Crippen molar-refractivity contribution < 1.29 is 28.6 Å². The highest BCUT2D eigenvalue weighted by atomic mass is 16.6. The lowest BCUT2D eigenvalue weighted by molar-refractivity contribution is -0.167. The number of hydrogen-bond acceptors (Lipinski definition) is 6. The van der Waals surface area contributed by atoms with Crippen LogP contribution in [0, 0.1) is 0 Å². The van der Waals surface area contributed by atoms with Gasteiger partial charge in [0.2, 0.25) is 0 Å². The molecule has 0 fully saturated rings. The van der Waals surface area contributed by atoms with Gasteiger partial charge in [-0.05, 0) is 103 Å². The molecule has 6 nitrogen and oxygen atoms in total. The van der Waals surface area contributed by atoms with Crippen molar-refractivity contribution in [2.45, 2.75) is 297 Å². The Balaban J connectivity index is 4.43. The monoisotopic (exact) mass is 1070 g/mol. The molecular formula is C71H118O6. The smallest absolute Gasteiger partial charge is 0.306 e. The molecule has 0 rings (SSSR count). The molecule has 0 bridgehead atoms. The van der Waals surface area contributed by atoms with Crippen molar-refractivity contribution in [3.63, 3.8) is 0 Å². The highest BCUT2D eigenvalue weighted by Crippen LogP contribution is 2.16. The van der Waals surface area contributed by atoms with E-state index in [1.165, 1.54) is 128 Å². The number of ether oxygens (including phenoxy) is 3. The van der Waals surface area contributed by atoms with Crippen molar-refractivity contribution in [1.82, 2.24) is 0 Å². The highest BCUT2D eigenvalue weighted by molar-refractivity contribution is 5.71. The molecule has 0 N–H and O–H groups in total. The Kier molecular flexibility index (Phi) is 60.8. The SMILES string of the molecule is CC/C=C\C/C=C\C/C=C\C/C=C\C/C=C\CCCCCCCCCCCC(=O)OCC(COC(=O)CCCCCCCCCCCCCCCCCCC)OC(=O)CCC/C=C\C/C=C\C/C=C\C/C=C\C/C=C\CC. The van der Waals surface area contributed by atoms with E-state index in [0.717, 1.165) is 116 Å². The molecule has 0 aromatic rings. The van der Waals surface area contributed by atoms with Crippen molar-refractivity contribution in [2.24, 2.45) is 0 Å². The zero-order valence-electron chi connectivity index (χ0n) is 50.2. The molecule has 1 atom stereocenters. The Morgan fingerprint density at radius 2 is 0.519 bits per heavy atom. The van der Waals surface area contributed by atoms with E-state index in [-0.39, 0.29) is 37.5 Å². The summed E-state index contributed by atoms with van der Waals surface area (Å²) in [5.41, 5.74) is 0. The third-order valence-corrected chi connectivity index (χ3v) is 13.5. The van der Waals surface area contributed by atoms with Crippen LogP contribution < -0.4 is 0 Å². The van der Waals surface area contributed by atoms with Crippen LogP contribution in [0.25, 0.3) is 0 Å². The van der Waals surface area contributed by atoms with Gasteiger partial charge in [-0.3, -0.25) is 14.4 Å². The number of allylic oxidation sites excluding steroid dienone is 20. The van der Waals surface area contributed by atoms with Crippen LogP contribution in [0.5, 0.6) is 0 Å². The summed E-state index contributed by atoms with van der Waals surface area (Å²) < 4.78 is 16.9. The number of unbranched alkanes of at least 4 members (excludes halogenated alkanes) is 26. The quantitative estimate of drug-likeness (QED) is 0.0261. The maximum Gasteiger partial charge on any atom is 0.306 e. The van der Waals surface area contributed by atoms with E-state index in [2.05, 4.69) is 142 Å². The molecule has 0 heterocycles. The summed E-state index contributed by atoms with van der Waals surface area (Å²) in [5, 5.41) is 0. The van der Waals surface area contributed by atoms with Gasteiger partial charge in [-0.15, -0.1) is 0 Å². The zero-order valence-corrected chi connectivity index (χ0v) is 50.2. The highest BCUT2D eigenvalue weighted by Gasteiger charge is 2.19. The van der Waals surface area contributed by atoms with Crippen molar-refractivity contribution >= 4 is 17.9 Å². The molecular weight excluding hydrogens is 949 g/mol. The van der Waals surface area contributed by atoms with Crippen LogP contribution >= 0.6 is 0 Å². The molecule has 0 radical (unpaired) electrons. The first kappa shape index (κ1) is 72.8. The number of esters is 3. The normalized spacial score (nSPS) is 12.9. The maximum absolute atomic E-state index is 12.9. The predicted octanol–water partition coefficient (Wildman–Crippen LogP) is 22.0. The minimum absolute atomic E-state index is 0.102. The Morgan fingerprint density at radius 1 is 0.273 bits per heavy atom. The van der Waals surface area contributed by atoms with E-state index in [4.69, 9.17) is 14.2 Å². The molecule has 1 unspecified atom stereocenters. The lowest BCUT2D eigenvalue weighted by atomic mass is 10.0.